The van der Waals surface area contributed by atoms with E-state index >= 15 is 0 Å². The van der Waals surface area contributed by atoms with Crippen molar-refractivity contribution in [3.8, 4) is 0 Å². The molecule has 0 bridgehead atoms. The van der Waals surface area contributed by atoms with E-state index in [1.165, 1.54) is 0 Å². The van der Waals surface area contributed by atoms with Crippen molar-refractivity contribution in [2.24, 2.45) is 5.41 Å². The zero-order valence-corrected chi connectivity index (χ0v) is 28.7. The summed E-state index contributed by atoms with van der Waals surface area (Å²) < 4.78 is 19.6. The standard InChI is InChI=1S/C40H52N2O5/c1-7-8-24-34(43)42-33(28-45-25-30-18-12-9-13-19-30)36(46-26-31-20-14-10-15-21-31)37(47-27-32-22-16-11-17-23-32)35(42)38(44)41-40(5,6)29-39(2,3)4/h7,9-23,33,35-37H,1,8,24-29H2,2-6H3,(H,41,44)/t33-,35-,36+,37-/m1/s1. The van der Waals surface area contributed by atoms with E-state index in [-0.39, 0.29) is 36.9 Å². The molecule has 0 unspecified atom stereocenters. The van der Waals surface area contributed by atoms with Crippen LogP contribution in [0.3, 0.4) is 0 Å². The van der Waals surface area contributed by atoms with Crippen molar-refractivity contribution in [1.82, 2.24) is 10.2 Å². The van der Waals surface area contributed by atoms with Gasteiger partial charge in [0.25, 0.3) is 0 Å². The zero-order chi connectivity index (χ0) is 33.9. The molecule has 1 aliphatic heterocycles. The molecule has 2 amide bonds. The molecule has 1 fully saturated rings. The average Bonchev–Trinajstić information content (AvgIpc) is 3.34. The topological polar surface area (TPSA) is 77.1 Å². The number of carbonyl (C=O) groups excluding carboxylic acids is 2. The number of ether oxygens (including phenoxy) is 3. The van der Waals surface area contributed by atoms with E-state index in [0.717, 1.165) is 23.1 Å². The van der Waals surface area contributed by atoms with E-state index in [0.29, 0.717) is 19.6 Å². The second kappa shape index (κ2) is 16.9. The van der Waals surface area contributed by atoms with Crippen molar-refractivity contribution in [1.29, 1.82) is 0 Å². The molecule has 7 nitrogen and oxygen atoms in total. The highest BCUT2D eigenvalue weighted by Crippen LogP contribution is 2.35. The van der Waals surface area contributed by atoms with Gasteiger partial charge in [-0.3, -0.25) is 9.59 Å². The van der Waals surface area contributed by atoms with Crippen LogP contribution in [0.4, 0.5) is 0 Å². The van der Waals surface area contributed by atoms with Gasteiger partial charge in [-0.25, -0.2) is 0 Å². The highest BCUT2D eigenvalue weighted by molar-refractivity contribution is 5.90. The molecule has 1 N–H and O–H groups in total. The van der Waals surface area contributed by atoms with Crippen LogP contribution in [0.5, 0.6) is 0 Å². The third-order valence-corrected chi connectivity index (χ3v) is 8.19. The fourth-order valence-electron chi connectivity index (χ4n) is 6.64. The Bertz CT molecular complexity index is 1400. The first-order valence-corrected chi connectivity index (χ1v) is 16.6. The van der Waals surface area contributed by atoms with Gasteiger partial charge in [-0.2, -0.15) is 0 Å². The summed E-state index contributed by atoms with van der Waals surface area (Å²) in [7, 11) is 0. The van der Waals surface area contributed by atoms with Gasteiger partial charge in [0, 0.05) is 12.0 Å². The number of hydrogen-bond donors (Lipinski definition) is 1. The average molecular weight is 641 g/mol. The third kappa shape index (κ3) is 10.9. The van der Waals surface area contributed by atoms with E-state index in [4.69, 9.17) is 14.2 Å². The van der Waals surface area contributed by atoms with Crippen LogP contribution in [0.2, 0.25) is 0 Å². The van der Waals surface area contributed by atoms with Crippen LogP contribution < -0.4 is 5.32 Å². The number of rotatable bonds is 16. The Balaban J connectivity index is 1.73. The number of nitrogens with one attached hydrogen (secondary N) is 1. The quantitative estimate of drug-likeness (QED) is 0.167. The number of carbonyl (C=O) groups is 2. The molecular weight excluding hydrogens is 588 g/mol. The number of hydrogen-bond acceptors (Lipinski definition) is 5. The number of nitrogens with zero attached hydrogens (tertiary/aromatic N) is 1. The van der Waals surface area contributed by atoms with Crippen LogP contribution >= 0.6 is 0 Å². The molecule has 4 rings (SSSR count). The summed E-state index contributed by atoms with van der Waals surface area (Å²) in [5.74, 6) is -0.422. The van der Waals surface area contributed by atoms with Crippen LogP contribution in [0.1, 0.15) is 70.6 Å². The van der Waals surface area contributed by atoms with Crippen LogP contribution in [-0.2, 0) is 43.6 Å². The minimum absolute atomic E-state index is 0.0235. The van der Waals surface area contributed by atoms with Gasteiger partial charge in [-0.1, -0.05) is 118 Å². The summed E-state index contributed by atoms with van der Waals surface area (Å²) in [6, 6.07) is 28.2. The Hall–Kier alpha value is -3.78. The van der Waals surface area contributed by atoms with E-state index in [2.05, 4.69) is 32.7 Å². The fourth-order valence-corrected chi connectivity index (χ4v) is 6.64. The van der Waals surface area contributed by atoms with E-state index in [1.54, 1.807) is 11.0 Å². The van der Waals surface area contributed by atoms with Gasteiger partial charge in [0.05, 0.1) is 32.5 Å². The molecule has 0 saturated carbocycles. The predicted octanol–water partition coefficient (Wildman–Crippen LogP) is 7.25. The number of benzene rings is 3. The van der Waals surface area contributed by atoms with Gasteiger partial charge < -0.3 is 24.4 Å². The molecule has 0 radical (unpaired) electrons. The fraction of sp³-hybridized carbons (Fsp3) is 0.450. The molecule has 7 heteroatoms. The maximum absolute atomic E-state index is 14.5. The largest absolute Gasteiger partial charge is 0.375 e. The first-order valence-electron chi connectivity index (χ1n) is 16.6. The van der Waals surface area contributed by atoms with Gasteiger partial charge in [-0.15, -0.1) is 6.58 Å². The first-order chi connectivity index (χ1) is 22.5. The monoisotopic (exact) mass is 640 g/mol. The van der Waals surface area contributed by atoms with Crippen molar-refractivity contribution < 1.29 is 23.8 Å². The number of allylic oxidation sites excluding steroid dienone is 1. The first kappa shape index (κ1) is 36.1. The van der Waals surface area contributed by atoms with Gasteiger partial charge in [-0.05, 0) is 48.8 Å². The number of amides is 2. The molecular formula is C40H52N2O5. The van der Waals surface area contributed by atoms with Gasteiger partial charge in [0.1, 0.15) is 18.2 Å². The summed E-state index contributed by atoms with van der Waals surface area (Å²) in [5.41, 5.74) is 2.42. The third-order valence-electron chi connectivity index (χ3n) is 8.19. The maximum atomic E-state index is 14.5. The van der Waals surface area contributed by atoms with E-state index in [1.807, 2.05) is 105 Å². The highest BCUT2D eigenvalue weighted by Gasteiger charge is 2.56. The van der Waals surface area contributed by atoms with Crippen LogP contribution in [0.25, 0.3) is 0 Å². The second-order valence-electron chi connectivity index (χ2n) is 14.3. The second-order valence-corrected chi connectivity index (χ2v) is 14.3. The zero-order valence-electron chi connectivity index (χ0n) is 28.7. The van der Waals surface area contributed by atoms with Crippen molar-refractivity contribution in [3.63, 3.8) is 0 Å². The minimum Gasteiger partial charge on any atom is -0.375 e. The van der Waals surface area contributed by atoms with Gasteiger partial charge >= 0.3 is 0 Å². The lowest BCUT2D eigenvalue weighted by molar-refractivity contribution is -0.145. The molecule has 4 atom stereocenters. The summed E-state index contributed by atoms with van der Waals surface area (Å²) in [4.78, 5) is 30.3. The Kier molecular flexibility index (Phi) is 12.9. The molecule has 1 saturated heterocycles. The van der Waals surface area contributed by atoms with Crippen molar-refractivity contribution in [2.75, 3.05) is 6.61 Å². The molecule has 47 heavy (non-hydrogen) atoms. The maximum Gasteiger partial charge on any atom is 0.246 e. The molecule has 0 spiro atoms. The van der Waals surface area contributed by atoms with Crippen LogP contribution in [0, 0.1) is 5.41 Å². The SMILES string of the molecule is C=CCCC(=O)N1[C@H](COCc2ccccc2)[C@H](OCc2ccccc2)[C@H](OCc2ccccc2)[C@@H]1C(=O)NC(C)(C)CC(C)(C)C. The van der Waals surface area contributed by atoms with Gasteiger partial charge in [0.15, 0.2) is 0 Å². The minimum atomic E-state index is -0.929. The lowest BCUT2D eigenvalue weighted by Crippen LogP contribution is -2.57. The highest BCUT2D eigenvalue weighted by atomic mass is 16.5. The normalized spacial score (nSPS) is 19.8. The Morgan fingerprint density at radius 2 is 1.26 bits per heavy atom. The molecule has 0 aliphatic carbocycles. The summed E-state index contributed by atoms with van der Waals surface area (Å²) in [6.07, 6.45) is 1.79. The lowest BCUT2D eigenvalue weighted by atomic mass is 9.81. The summed E-state index contributed by atoms with van der Waals surface area (Å²) in [6.45, 7) is 15.4. The molecule has 0 aromatic heterocycles. The molecule has 1 aliphatic rings. The summed E-state index contributed by atoms with van der Waals surface area (Å²) in [5, 5.41) is 3.29. The number of likely N-dealkylation sites (tertiary alicyclic amines) is 1. The van der Waals surface area contributed by atoms with Gasteiger partial charge in [0.2, 0.25) is 11.8 Å². The van der Waals surface area contributed by atoms with Crippen molar-refractivity contribution in [3.05, 3.63) is 120 Å². The Labute approximate surface area is 281 Å². The smallest absolute Gasteiger partial charge is 0.246 e. The predicted molar refractivity (Wildman–Crippen MR) is 186 cm³/mol. The van der Waals surface area contributed by atoms with E-state index in [9.17, 15) is 9.59 Å². The van der Waals surface area contributed by atoms with E-state index < -0.39 is 29.8 Å². The van der Waals surface area contributed by atoms with Crippen molar-refractivity contribution >= 4 is 11.8 Å². The lowest BCUT2D eigenvalue weighted by Gasteiger charge is -2.36. The summed E-state index contributed by atoms with van der Waals surface area (Å²) >= 11 is 0. The van der Waals surface area contributed by atoms with Crippen LogP contribution in [-0.4, -0.2) is 53.2 Å². The molecule has 3 aromatic rings. The Morgan fingerprint density at radius 3 is 1.74 bits per heavy atom. The van der Waals surface area contributed by atoms with Crippen molar-refractivity contribution in [2.45, 2.75) is 104 Å². The Morgan fingerprint density at radius 1 is 0.766 bits per heavy atom. The molecule has 1 heterocycles. The van der Waals surface area contributed by atoms with Crippen LogP contribution in [0.15, 0.2) is 104 Å². The molecule has 252 valence electrons. The molecule has 3 aromatic carbocycles.